The number of hydrogen-bond donors (Lipinski definition) is 0. The number of carbonyl (C=O) groups excluding carboxylic acids is 3. The Morgan fingerprint density at radius 1 is 1.09 bits per heavy atom. The van der Waals surface area contributed by atoms with Gasteiger partial charge in [0.05, 0.1) is 23.2 Å². The van der Waals surface area contributed by atoms with Crippen LogP contribution in [0.3, 0.4) is 0 Å². The number of benzene rings is 1. The van der Waals surface area contributed by atoms with Crippen LogP contribution < -0.4 is 9.77 Å². The number of rotatable bonds is 5. The molecule has 10 heteroatoms. The molecule has 0 N–H and O–H groups in total. The Morgan fingerprint density at radius 2 is 1.88 bits per heavy atom. The van der Waals surface area contributed by atoms with Crippen molar-refractivity contribution in [3.63, 3.8) is 0 Å². The number of esters is 1. The van der Waals surface area contributed by atoms with Gasteiger partial charge >= 0.3 is 10.8 Å². The van der Waals surface area contributed by atoms with Crippen LogP contribution in [0, 0.1) is 5.92 Å². The van der Waals surface area contributed by atoms with Crippen LogP contribution in [0.25, 0.3) is 0 Å². The molecule has 3 atom stereocenters. The highest BCUT2D eigenvalue weighted by Gasteiger charge is 2.56. The van der Waals surface area contributed by atoms with Crippen molar-refractivity contribution >= 4 is 46.6 Å². The van der Waals surface area contributed by atoms with Crippen LogP contribution in [-0.2, 0) is 25.7 Å². The molecule has 2 unspecified atom stereocenters. The Morgan fingerprint density at radius 3 is 2.58 bits per heavy atom. The second-order valence-corrected chi connectivity index (χ2v) is 9.73. The molecule has 8 nitrogen and oxygen atoms in total. The zero-order chi connectivity index (χ0) is 23.1. The van der Waals surface area contributed by atoms with Crippen molar-refractivity contribution in [3.8, 4) is 0 Å². The van der Waals surface area contributed by atoms with Gasteiger partial charge in [-0.2, -0.15) is 0 Å². The fraction of sp³-hybridized carbons (Fsp3) is 0.261. The number of amides is 2. The van der Waals surface area contributed by atoms with Crippen LogP contribution in [0.5, 0.6) is 0 Å². The number of nitrogens with zero attached hydrogens (tertiary/aromatic N) is 3. The van der Waals surface area contributed by atoms with E-state index in [1.165, 1.54) is 21.2 Å². The summed E-state index contributed by atoms with van der Waals surface area (Å²) in [4.78, 5) is 57.9. The van der Waals surface area contributed by atoms with Gasteiger partial charge < -0.3 is 4.74 Å². The summed E-state index contributed by atoms with van der Waals surface area (Å²) in [6, 6.07) is 12.4. The van der Waals surface area contributed by atoms with Gasteiger partial charge in [0.15, 0.2) is 0 Å². The number of fused-ring (bicyclic) bond motifs is 2. The second-order valence-electron chi connectivity index (χ2n) is 7.60. The normalized spacial score (nSPS) is 21.6. The molecule has 2 aromatic heterocycles. The maximum Gasteiger partial charge on any atom is 0.326 e. The highest BCUT2D eigenvalue weighted by atomic mass is 32.2. The van der Waals surface area contributed by atoms with E-state index < -0.39 is 23.1 Å². The highest BCUT2D eigenvalue weighted by molar-refractivity contribution is 8.00. The topological polar surface area (TPSA) is 98.6 Å². The van der Waals surface area contributed by atoms with Crippen molar-refractivity contribution in [1.29, 1.82) is 0 Å². The predicted octanol–water partition coefficient (Wildman–Crippen LogP) is 2.66. The average molecular weight is 482 g/mol. The Bertz CT molecular complexity index is 1290. The zero-order valence-electron chi connectivity index (χ0n) is 17.5. The third kappa shape index (κ3) is 3.59. The summed E-state index contributed by atoms with van der Waals surface area (Å²) in [5.41, 5.74) is 1.26. The quantitative estimate of drug-likeness (QED) is 0.408. The summed E-state index contributed by atoms with van der Waals surface area (Å²) in [7, 11) is 0. The molecular weight excluding hydrogens is 462 g/mol. The molecule has 1 aromatic carbocycles. The Balaban J connectivity index is 1.64. The van der Waals surface area contributed by atoms with E-state index >= 15 is 0 Å². The standard InChI is InChI=1S/C23H19N3O5S2/c1-2-31-15(27)12-25-22-19(33-23(25)30)16(13-7-6-10-24-11-13)17-18(32-22)21(29)26(20(17)28)14-8-4-3-5-9-14/h3-11,16-18H,2,12H2,1H3/t16-,17?,18?/m1/s1. The van der Waals surface area contributed by atoms with Gasteiger partial charge in [-0.15, -0.1) is 0 Å². The highest BCUT2D eigenvalue weighted by Crippen LogP contribution is 2.53. The molecule has 2 aliphatic rings. The lowest BCUT2D eigenvalue weighted by molar-refractivity contribution is -0.144. The first-order valence-electron chi connectivity index (χ1n) is 10.4. The number of thioether (sulfide) groups is 1. The third-order valence-electron chi connectivity index (χ3n) is 5.70. The van der Waals surface area contributed by atoms with Gasteiger partial charge in [0.2, 0.25) is 11.8 Å². The number of carbonyl (C=O) groups is 3. The molecule has 0 aliphatic carbocycles. The van der Waals surface area contributed by atoms with E-state index in [1.807, 2.05) is 12.1 Å². The number of para-hydroxylation sites is 1. The molecule has 0 spiro atoms. The number of hydrogen-bond acceptors (Lipinski definition) is 8. The van der Waals surface area contributed by atoms with E-state index in [0.29, 0.717) is 15.6 Å². The molecule has 5 rings (SSSR count). The molecule has 4 heterocycles. The van der Waals surface area contributed by atoms with Crippen molar-refractivity contribution < 1.29 is 19.1 Å². The molecule has 3 aromatic rings. The Hall–Kier alpha value is -3.24. The van der Waals surface area contributed by atoms with Crippen LogP contribution in [0.2, 0.25) is 0 Å². The monoisotopic (exact) mass is 481 g/mol. The predicted molar refractivity (Wildman–Crippen MR) is 123 cm³/mol. The maximum atomic E-state index is 13.6. The first-order valence-corrected chi connectivity index (χ1v) is 12.1. The largest absolute Gasteiger partial charge is 0.465 e. The van der Waals surface area contributed by atoms with E-state index in [0.717, 1.165) is 16.9 Å². The molecule has 0 radical (unpaired) electrons. The average Bonchev–Trinajstić information content (AvgIpc) is 3.26. The zero-order valence-corrected chi connectivity index (χ0v) is 19.2. The molecule has 0 bridgehead atoms. The summed E-state index contributed by atoms with van der Waals surface area (Å²) in [5.74, 6) is -2.37. The fourth-order valence-electron chi connectivity index (χ4n) is 4.34. The summed E-state index contributed by atoms with van der Waals surface area (Å²) in [6.07, 6.45) is 3.29. The smallest absolute Gasteiger partial charge is 0.326 e. The van der Waals surface area contributed by atoms with E-state index in [9.17, 15) is 19.2 Å². The lowest BCUT2D eigenvalue weighted by atomic mass is 9.84. The van der Waals surface area contributed by atoms with Gasteiger partial charge in [-0.05, 0) is 30.7 Å². The fourth-order valence-corrected chi connectivity index (χ4v) is 7.11. The van der Waals surface area contributed by atoms with Crippen molar-refractivity contribution in [2.24, 2.45) is 5.92 Å². The minimum absolute atomic E-state index is 0.203. The summed E-state index contributed by atoms with van der Waals surface area (Å²) in [5, 5.41) is -0.193. The second kappa shape index (κ2) is 8.60. The number of anilines is 1. The Labute approximate surface area is 197 Å². The van der Waals surface area contributed by atoms with Crippen LogP contribution in [0.1, 0.15) is 23.3 Å². The number of pyridine rings is 1. The molecular formula is C23H19N3O5S2. The van der Waals surface area contributed by atoms with Crippen molar-refractivity contribution in [2.45, 2.75) is 29.7 Å². The number of thiazole rings is 1. The molecule has 168 valence electrons. The van der Waals surface area contributed by atoms with Crippen LogP contribution in [-0.4, -0.2) is 39.2 Å². The summed E-state index contributed by atoms with van der Waals surface area (Å²) in [6.45, 7) is 1.66. The van der Waals surface area contributed by atoms with Gasteiger partial charge in [-0.1, -0.05) is 47.4 Å². The van der Waals surface area contributed by atoms with Crippen LogP contribution in [0.4, 0.5) is 5.69 Å². The van der Waals surface area contributed by atoms with Gasteiger partial charge in [0.1, 0.15) is 11.8 Å². The summed E-state index contributed by atoms with van der Waals surface area (Å²) >= 11 is 2.18. The molecule has 2 amide bonds. The Kier molecular flexibility index (Phi) is 5.63. The molecule has 0 saturated carbocycles. The first kappa shape index (κ1) is 21.6. The SMILES string of the molecule is CCOC(=O)Cn1c2c(sc1=O)[C@H](c1cccnc1)C1C(=O)N(c3ccccc3)C(=O)C1S2. The minimum atomic E-state index is -0.724. The molecule has 33 heavy (non-hydrogen) atoms. The van der Waals surface area contributed by atoms with E-state index in [4.69, 9.17) is 4.74 Å². The number of imide groups is 1. The lowest BCUT2D eigenvalue weighted by Gasteiger charge is -2.30. The van der Waals surface area contributed by atoms with Crippen molar-refractivity contribution in [1.82, 2.24) is 9.55 Å². The van der Waals surface area contributed by atoms with Crippen LogP contribution in [0.15, 0.2) is 64.7 Å². The van der Waals surface area contributed by atoms with Crippen LogP contribution >= 0.6 is 23.1 Å². The molecule has 1 fully saturated rings. The molecule has 1 saturated heterocycles. The van der Waals surface area contributed by atoms with E-state index in [-0.39, 0.29) is 29.8 Å². The third-order valence-corrected chi connectivity index (χ3v) is 8.30. The van der Waals surface area contributed by atoms with Gasteiger partial charge in [-0.3, -0.25) is 28.7 Å². The summed E-state index contributed by atoms with van der Waals surface area (Å²) < 4.78 is 6.38. The van der Waals surface area contributed by atoms with Gasteiger partial charge in [0.25, 0.3) is 0 Å². The number of ether oxygens (including phenoxy) is 1. The lowest BCUT2D eigenvalue weighted by Crippen LogP contribution is -2.32. The van der Waals surface area contributed by atoms with Gasteiger partial charge in [-0.25, -0.2) is 4.90 Å². The van der Waals surface area contributed by atoms with Crippen molar-refractivity contribution in [2.75, 3.05) is 11.5 Å². The number of aromatic nitrogens is 2. The van der Waals surface area contributed by atoms with E-state index in [1.54, 1.807) is 49.6 Å². The maximum absolute atomic E-state index is 13.6. The molecule has 2 aliphatic heterocycles. The first-order chi connectivity index (χ1) is 16.0. The minimum Gasteiger partial charge on any atom is -0.465 e. The van der Waals surface area contributed by atoms with Gasteiger partial charge in [0, 0.05) is 23.2 Å². The van der Waals surface area contributed by atoms with Crippen molar-refractivity contribution in [3.05, 3.63) is 75.0 Å². The van der Waals surface area contributed by atoms with E-state index in [2.05, 4.69) is 4.98 Å².